The highest BCUT2D eigenvalue weighted by Gasteiger charge is 2.07. The van der Waals surface area contributed by atoms with Crippen LogP contribution in [0.3, 0.4) is 0 Å². The summed E-state index contributed by atoms with van der Waals surface area (Å²) in [5.41, 5.74) is 9.03. The van der Waals surface area contributed by atoms with E-state index in [0.717, 1.165) is 18.4 Å². The molecule has 0 aliphatic carbocycles. The van der Waals surface area contributed by atoms with Gasteiger partial charge < -0.3 is 10.8 Å². The van der Waals surface area contributed by atoms with Crippen LogP contribution in [0.15, 0.2) is 18.2 Å². The molecule has 0 aromatic heterocycles. The number of aliphatic hydroxyl groups excluding tert-OH is 1. The van der Waals surface area contributed by atoms with Gasteiger partial charge in [0.2, 0.25) is 0 Å². The smallest absolute Gasteiger partial charge is 0.0912 e. The summed E-state index contributed by atoms with van der Waals surface area (Å²) in [5.74, 6) is 0. The van der Waals surface area contributed by atoms with Crippen LogP contribution in [0.1, 0.15) is 36.6 Å². The Balaban J connectivity index is 3.01. The Morgan fingerprint density at radius 1 is 1.21 bits per heavy atom. The first kappa shape index (κ1) is 11.2. The highest BCUT2D eigenvalue weighted by Crippen LogP contribution is 2.18. The van der Waals surface area contributed by atoms with E-state index in [9.17, 15) is 5.11 Å². The van der Waals surface area contributed by atoms with Crippen molar-refractivity contribution in [2.24, 2.45) is 5.73 Å². The Labute approximate surface area is 85.8 Å². The summed E-state index contributed by atoms with van der Waals surface area (Å²) in [6.45, 7) is 4.56. The minimum Gasteiger partial charge on any atom is -0.387 e. The number of hydrogen-bond donors (Lipinski definition) is 2. The SMILES string of the molecule is CCc1ccc(C(O)CN)cc1CC. The zero-order valence-corrected chi connectivity index (χ0v) is 8.96. The molecular weight excluding hydrogens is 174 g/mol. The third-order valence-corrected chi connectivity index (χ3v) is 2.60. The van der Waals surface area contributed by atoms with Crippen molar-refractivity contribution in [1.29, 1.82) is 0 Å². The molecule has 0 radical (unpaired) electrons. The van der Waals surface area contributed by atoms with Crippen LogP contribution in [-0.2, 0) is 12.8 Å². The number of aliphatic hydroxyl groups is 1. The summed E-state index contributed by atoms with van der Waals surface area (Å²) >= 11 is 0. The lowest BCUT2D eigenvalue weighted by Gasteiger charge is -2.12. The van der Waals surface area contributed by atoms with Crippen molar-refractivity contribution in [3.05, 3.63) is 34.9 Å². The minimum atomic E-state index is -0.522. The summed E-state index contributed by atoms with van der Waals surface area (Å²) in [4.78, 5) is 0. The molecule has 0 bridgehead atoms. The molecule has 2 nitrogen and oxygen atoms in total. The Morgan fingerprint density at radius 2 is 1.86 bits per heavy atom. The van der Waals surface area contributed by atoms with Gasteiger partial charge in [0.25, 0.3) is 0 Å². The zero-order valence-electron chi connectivity index (χ0n) is 8.96. The average molecular weight is 193 g/mol. The van der Waals surface area contributed by atoms with Gasteiger partial charge in [-0.1, -0.05) is 32.0 Å². The monoisotopic (exact) mass is 193 g/mol. The van der Waals surface area contributed by atoms with Gasteiger partial charge in [-0.3, -0.25) is 0 Å². The summed E-state index contributed by atoms with van der Waals surface area (Å²) < 4.78 is 0. The van der Waals surface area contributed by atoms with Gasteiger partial charge in [0.15, 0.2) is 0 Å². The molecule has 0 fully saturated rings. The lowest BCUT2D eigenvalue weighted by atomic mass is 9.98. The topological polar surface area (TPSA) is 46.2 Å². The van der Waals surface area contributed by atoms with Crippen molar-refractivity contribution in [2.75, 3.05) is 6.54 Å². The van der Waals surface area contributed by atoms with Gasteiger partial charge in [0.05, 0.1) is 6.10 Å². The standard InChI is InChI=1S/C12H19NO/c1-3-9-5-6-11(12(14)8-13)7-10(9)4-2/h5-7,12,14H,3-4,8,13H2,1-2H3. The largest absolute Gasteiger partial charge is 0.387 e. The molecule has 0 spiro atoms. The van der Waals surface area contributed by atoms with E-state index >= 15 is 0 Å². The van der Waals surface area contributed by atoms with Crippen LogP contribution in [0.4, 0.5) is 0 Å². The molecule has 78 valence electrons. The minimum absolute atomic E-state index is 0.286. The third-order valence-electron chi connectivity index (χ3n) is 2.60. The van der Waals surface area contributed by atoms with E-state index in [0.29, 0.717) is 0 Å². The second kappa shape index (κ2) is 5.13. The second-order valence-corrected chi connectivity index (χ2v) is 3.49. The van der Waals surface area contributed by atoms with Gasteiger partial charge in [0.1, 0.15) is 0 Å². The summed E-state index contributed by atoms with van der Waals surface area (Å²) in [7, 11) is 0. The first-order chi connectivity index (χ1) is 6.72. The van der Waals surface area contributed by atoms with E-state index in [1.807, 2.05) is 6.07 Å². The predicted octanol–water partition coefficient (Wildman–Crippen LogP) is 1.80. The molecule has 2 heteroatoms. The molecule has 1 rings (SSSR count). The fourth-order valence-corrected chi connectivity index (χ4v) is 1.66. The van der Waals surface area contributed by atoms with Crippen molar-refractivity contribution in [3.63, 3.8) is 0 Å². The van der Waals surface area contributed by atoms with Crippen LogP contribution in [0.25, 0.3) is 0 Å². The van der Waals surface area contributed by atoms with Gasteiger partial charge in [-0.25, -0.2) is 0 Å². The molecule has 1 aromatic carbocycles. The molecule has 0 aliphatic rings. The Hall–Kier alpha value is -0.860. The number of hydrogen-bond acceptors (Lipinski definition) is 2. The van der Waals surface area contributed by atoms with E-state index < -0.39 is 6.10 Å². The van der Waals surface area contributed by atoms with E-state index in [1.165, 1.54) is 11.1 Å². The molecular formula is C12H19NO. The second-order valence-electron chi connectivity index (χ2n) is 3.49. The quantitative estimate of drug-likeness (QED) is 0.766. The van der Waals surface area contributed by atoms with Crippen molar-refractivity contribution in [3.8, 4) is 0 Å². The van der Waals surface area contributed by atoms with Crippen molar-refractivity contribution < 1.29 is 5.11 Å². The summed E-state index contributed by atoms with van der Waals surface area (Å²) in [6, 6.07) is 6.12. The number of nitrogens with two attached hydrogens (primary N) is 1. The van der Waals surface area contributed by atoms with Gasteiger partial charge in [-0.2, -0.15) is 0 Å². The molecule has 0 aliphatic heterocycles. The molecule has 14 heavy (non-hydrogen) atoms. The maximum Gasteiger partial charge on any atom is 0.0912 e. The highest BCUT2D eigenvalue weighted by molar-refractivity contribution is 5.33. The number of benzene rings is 1. The summed E-state index contributed by atoms with van der Waals surface area (Å²) in [6.07, 6.45) is 1.53. The zero-order chi connectivity index (χ0) is 10.6. The first-order valence-corrected chi connectivity index (χ1v) is 5.22. The lowest BCUT2D eigenvalue weighted by molar-refractivity contribution is 0.186. The number of rotatable bonds is 4. The van der Waals surface area contributed by atoms with Crippen LogP contribution in [0.5, 0.6) is 0 Å². The highest BCUT2D eigenvalue weighted by atomic mass is 16.3. The van der Waals surface area contributed by atoms with Crippen molar-refractivity contribution in [2.45, 2.75) is 32.8 Å². The van der Waals surface area contributed by atoms with E-state index in [4.69, 9.17) is 5.73 Å². The van der Waals surface area contributed by atoms with Crippen LogP contribution < -0.4 is 5.73 Å². The molecule has 1 aromatic rings. The van der Waals surface area contributed by atoms with Gasteiger partial charge in [-0.05, 0) is 29.5 Å². The molecule has 0 saturated heterocycles. The Kier molecular flexibility index (Phi) is 4.11. The molecule has 0 amide bonds. The van der Waals surface area contributed by atoms with Crippen LogP contribution in [-0.4, -0.2) is 11.7 Å². The Bertz CT molecular complexity index is 296. The Morgan fingerprint density at radius 3 is 2.36 bits per heavy atom. The molecule has 1 atom stereocenters. The van der Waals surface area contributed by atoms with Crippen LogP contribution in [0.2, 0.25) is 0 Å². The summed E-state index contributed by atoms with van der Waals surface area (Å²) in [5, 5.41) is 9.59. The van der Waals surface area contributed by atoms with Crippen LogP contribution in [0, 0.1) is 0 Å². The van der Waals surface area contributed by atoms with Gasteiger partial charge in [0, 0.05) is 6.54 Å². The normalized spacial score (nSPS) is 12.9. The first-order valence-electron chi connectivity index (χ1n) is 5.22. The number of aryl methyl sites for hydroxylation is 2. The molecule has 3 N–H and O–H groups in total. The average Bonchev–Trinajstić information content (AvgIpc) is 2.26. The van der Waals surface area contributed by atoms with E-state index in [1.54, 1.807) is 0 Å². The van der Waals surface area contributed by atoms with Crippen LogP contribution >= 0.6 is 0 Å². The molecule has 1 unspecified atom stereocenters. The molecule has 0 saturated carbocycles. The van der Waals surface area contributed by atoms with Crippen molar-refractivity contribution >= 4 is 0 Å². The van der Waals surface area contributed by atoms with Crippen molar-refractivity contribution in [1.82, 2.24) is 0 Å². The lowest BCUT2D eigenvalue weighted by Crippen LogP contribution is -2.12. The maximum absolute atomic E-state index is 9.59. The van der Waals surface area contributed by atoms with Gasteiger partial charge >= 0.3 is 0 Å². The van der Waals surface area contributed by atoms with E-state index in [-0.39, 0.29) is 6.54 Å². The molecule has 0 heterocycles. The van der Waals surface area contributed by atoms with Gasteiger partial charge in [-0.15, -0.1) is 0 Å². The van der Waals surface area contributed by atoms with E-state index in [2.05, 4.69) is 26.0 Å². The fourth-order valence-electron chi connectivity index (χ4n) is 1.66. The fraction of sp³-hybridized carbons (Fsp3) is 0.500. The maximum atomic E-state index is 9.59. The predicted molar refractivity (Wildman–Crippen MR) is 59.2 cm³/mol. The third kappa shape index (κ3) is 2.34.